The SMILES string of the molecule is COc1ccc(C=N[C@@H](Cc2ccccc2)C(=O)O)c(O)c1. The number of methoxy groups -OCH3 is 1. The van der Waals surface area contributed by atoms with Gasteiger partial charge in [0.2, 0.25) is 0 Å². The van der Waals surface area contributed by atoms with E-state index in [1.807, 2.05) is 30.3 Å². The number of aromatic hydroxyl groups is 1. The highest BCUT2D eigenvalue weighted by molar-refractivity contribution is 5.86. The summed E-state index contributed by atoms with van der Waals surface area (Å²) >= 11 is 0. The number of hydrogen-bond acceptors (Lipinski definition) is 4. The number of carboxylic acids is 1. The van der Waals surface area contributed by atoms with Crippen molar-refractivity contribution in [3.63, 3.8) is 0 Å². The molecule has 0 aliphatic carbocycles. The highest BCUT2D eigenvalue weighted by Gasteiger charge is 2.16. The van der Waals surface area contributed by atoms with Gasteiger partial charge in [0.25, 0.3) is 0 Å². The number of aliphatic imine (C=N–C) groups is 1. The van der Waals surface area contributed by atoms with Gasteiger partial charge in [-0.1, -0.05) is 30.3 Å². The number of carboxylic acid groups (broad SMARTS) is 1. The Kier molecular flexibility index (Phi) is 5.14. The summed E-state index contributed by atoms with van der Waals surface area (Å²) in [6, 6.07) is 13.1. The van der Waals surface area contributed by atoms with E-state index >= 15 is 0 Å². The van der Waals surface area contributed by atoms with Crippen LogP contribution in [-0.4, -0.2) is 35.5 Å². The summed E-state index contributed by atoms with van der Waals surface area (Å²) in [4.78, 5) is 15.4. The molecule has 0 amide bonds. The first-order valence-corrected chi connectivity index (χ1v) is 6.77. The van der Waals surface area contributed by atoms with Crippen molar-refractivity contribution in [2.75, 3.05) is 7.11 Å². The molecule has 0 spiro atoms. The zero-order valence-electron chi connectivity index (χ0n) is 12.1. The molecule has 2 N–H and O–H groups in total. The first-order valence-electron chi connectivity index (χ1n) is 6.77. The normalized spacial score (nSPS) is 12.2. The molecule has 2 aromatic carbocycles. The van der Waals surface area contributed by atoms with Crippen molar-refractivity contribution in [1.82, 2.24) is 0 Å². The minimum atomic E-state index is -1.01. The minimum absolute atomic E-state index is 0.00745. The van der Waals surface area contributed by atoms with E-state index in [2.05, 4.69) is 4.99 Å². The third kappa shape index (κ3) is 4.09. The Hall–Kier alpha value is -2.82. The maximum Gasteiger partial charge on any atom is 0.328 e. The van der Waals surface area contributed by atoms with Crippen molar-refractivity contribution in [1.29, 1.82) is 0 Å². The highest BCUT2D eigenvalue weighted by atomic mass is 16.5. The molecule has 0 saturated heterocycles. The average molecular weight is 299 g/mol. The van der Waals surface area contributed by atoms with Crippen LogP contribution >= 0.6 is 0 Å². The van der Waals surface area contributed by atoms with E-state index in [4.69, 9.17) is 4.74 Å². The summed E-state index contributed by atoms with van der Waals surface area (Å²) < 4.78 is 4.99. The monoisotopic (exact) mass is 299 g/mol. The zero-order valence-corrected chi connectivity index (χ0v) is 12.1. The third-order valence-electron chi connectivity index (χ3n) is 3.19. The number of nitrogens with zero attached hydrogens (tertiary/aromatic N) is 1. The van der Waals surface area contributed by atoms with Gasteiger partial charge in [0.05, 0.1) is 7.11 Å². The predicted molar refractivity (Wildman–Crippen MR) is 83.8 cm³/mol. The molecule has 114 valence electrons. The topological polar surface area (TPSA) is 79.1 Å². The van der Waals surface area contributed by atoms with Gasteiger partial charge in [0.1, 0.15) is 11.5 Å². The van der Waals surface area contributed by atoms with Crippen LogP contribution in [0.15, 0.2) is 53.5 Å². The molecule has 0 fully saturated rings. The van der Waals surface area contributed by atoms with Crippen molar-refractivity contribution < 1.29 is 19.7 Å². The van der Waals surface area contributed by atoms with Crippen molar-refractivity contribution >= 4 is 12.2 Å². The molecule has 2 aromatic rings. The van der Waals surface area contributed by atoms with Crippen LogP contribution in [0.2, 0.25) is 0 Å². The molecule has 0 aliphatic rings. The Balaban J connectivity index is 2.15. The second kappa shape index (κ2) is 7.26. The number of phenolic OH excluding ortho intramolecular Hbond substituents is 1. The largest absolute Gasteiger partial charge is 0.507 e. The van der Waals surface area contributed by atoms with Gasteiger partial charge >= 0.3 is 5.97 Å². The molecular formula is C17H17NO4. The molecule has 5 nitrogen and oxygen atoms in total. The van der Waals surface area contributed by atoms with Crippen molar-refractivity contribution in [3.8, 4) is 11.5 Å². The van der Waals surface area contributed by atoms with Crippen LogP contribution in [0.1, 0.15) is 11.1 Å². The van der Waals surface area contributed by atoms with E-state index in [1.54, 1.807) is 12.1 Å². The lowest BCUT2D eigenvalue weighted by molar-refractivity contribution is -0.138. The van der Waals surface area contributed by atoms with E-state index in [0.717, 1.165) is 5.56 Å². The fraction of sp³-hybridized carbons (Fsp3) is 0.176. The van der Waals surface area contributed by atoms with Crippen LogP contribution in [0.4, 0.5) is 0 Å². The Morgan fingerprint density at radius 1 is 1.27 bits per heavy atom. The van der Waals surface area contributed by atoms with Crippen molar-refractivity contribution in [3.05, 3.63) is 59.7 Å². The standard InChI is InChI=1S/C17H17NO4/c1-22-14-8-7-13(16(19)10-14)11-18-15(17(20)21)9-12-5-3-2-4-6-12/h2-8,10-11,15,19H,9H2,1H3,(H,20,21)/t15-/m0/s1. The molecule has 2 rings (SSSR count). The van der Waals surface area contributed by atoms with Crippen LogP contribution in [0.3, 0.4) is 0 Å². The van der Waals surface area contributed by atoms with Crippen LogP contribution in [0.5, 0.6) is 11.5 Å². The molecule has 0 radical (unpaired) electrons. The van der Waals surface area contributed by atoms with Crippen LogP contribution in [0.25, 0.3) is 0 Å². The lowest BCUT2D eigenvalue weighted by Gasteiger charge is -2.08. The lowest BCUT2D eigenvalue weighted by Crippen LogP contribution is -2.20. The first kappa shape index (κ1) is 15.6. The quantitative estimate of drug-likeness (QED) is 0.803. The number of phenols is 1. The first-order chi connectivity index (χ1) is 10.6. The number of hydrogen-bond donors (Lipinski definition) is 2. The third-order valence-corrected chi connectivity index (χ3v) is 3.19. The Morgan fingerprint density at radius 2 is 2.00 bits per heavy atom. The van der Waals surface area contributed by atoms with E-state index in [9.17, 15) is 15.0 Å². The van der Waals surface area contributed by atoms with Crippen molar-refractivity contribution in [2.24, 2.45) is 4.99 Å². The molecule has 0 aromatic heterocycles. The fourth-order valence-electron chi connectivity index (χ4n) is 1.97. The van der Waals surface area contributed by atoms with Crippen LogP contribution in [0, 0.1) is 0 Å². The van der Waals surface area contributed by atoms with Gasteiger partial charge < -0.3 is 14.9 Å². The molecule has 0 aliphatic heterocycles. The van der Waals surface area contributed by atoms with Crippen molar-refractivity contribution in [2.45, 2.75) is 12.5 Å². The average Bonchev–Trinajstić information content (AvgIpc) is 2.53. The van der Waals surface area contributed by atoms with Gasteiger partial charge in [0.15, 0.2) is 6.04 Å². The molecule has 22 heavy (non-hydrogen) atoms. The molecule has 0 unspecified atom stereocenters. The maximum atomic E-state index is 11.3. The smallest absolute Gasteiger partial charge is 0.328 e. The second-order valence-corrected chi connectivity index (χ2v) is 4.75. The fourth-order valence-corrected chi connectivity index (χ4v) is 1.97. The second-order valence-electron chi connectivity index (χ2n) is 4.75. The van der Waals surface area contributed by atoms with Gasteiger partial charge in [-0.25, -0.2) is 4.79 Å². The summed E-state index contributed by atoms with van der Waals surface area (Å²) in [5, 5.41) is 19.1. The van der Waals surface area contributed by atoms with Gasteiger partial charge in [0, 0.05) is 24.3 Å². The lowest BCUT2D eigenvalue weighted by atomic mass is 10.1. The Labute approximate surface area is 128 Å². The van der Waals surface area contributed by atoms with E-state index in [0.29, 0.717) is 17.7 Å². The summed E-state index contributed by atoms with van der Waals surface area (Å²) in [5.41, 5.74) is 1.34. The molecule has 5 heteroatoms. The predicted octanol–water partition coefficient (Wildman–Crippen LogP) is 2.52. The summed E-state index contributed by atoms with van der Waals surface area (Å²) in [5.74, 6) is -0.492. The number of carbonyl (C=O) groups is 1. The van der Waals surface area contributed by atoms with Gasteiger partial charge in [-0.2, -0.15) is 0 Å². The van der Waals surface area contributed by atoms with Gasteiger partial charge in [-0.15, -0.1) is 0 Å². The number of aliphatic carboxylic acids is 1. The minimum Gasteiger partial charge on any atom is -0.507 e. The Morgan fingerprint density at radius 3 is 2.59 bits per heavy atom. The van der Waals surface area contributed by atoms with E-state index in [-0.39, 0.29) is 5.75 Å². The number of benzene rings is 2. The zero-order chi connectivity index (χ0) is 15.9. The maximum absolute atomic E-state index is 11.3. The summed E-state index contributed by atoms with van der Waals surface area (Å²) in [6.45, 7) is 0. The Bertz CT molecular complexity index is 668. The number of rotatable bonds is 6. The van der Waals surface area contributed by atoms with Crippen LogP contribution in [-0.2, 0) is 11.2 Å². The molecular weight excluding hydrogens is 282 g/mol. The summed E-state index contributed by atoms with van der Waals surface area (Å²) in [6.07, 6.45) is 1.67. The number of ether oxygens (including phenoxy) is 1. The van der Waals surface area contributed by atoms with Crippen LogP contribution < -0.4 is 4.74 Å². The molecule has 0 heterocycles. The molecule has 0 saturated carbocycles. The highest BCUT2D eigenvalue weighted by Crippen LogP contribution is 2.22. The van der Waals surface area contributed by atoms with E-state index in [1.165, 1.54) is 19.4 Å². The van der Waals surface area contributed by atoms with E-state index < -0.39 is 12.0 Å². The van der Waals surface area contributed by atoms with Gasteiger partial charge in [-0.3, -0.25) is 4.99 Å². The molecule has 0 bridgehead atoms. The summed E-state index contributed by atoms with van der Waals surface area (Å²) in [7, 11) is 1.50. The van der Waals surface area contributed by atoms with Gasteiger partial charge in [-0.05, 0) is 17.7 Å². The molecule has 1 atom stereocenters.